The number of aromatic nitrogens is 1. The van der Waals surface area contributed by atoms with Crippen molar-refractivity contribution in [1.29, 1.82) is 0 Å². The predicted molar refractivity (Wildman–Crippen MR) is 79.7 cm³/mol. The van der Waals surface area contributed by atoms with E-state index in [4.69, 9.17) is 14.3 Å². The van der Waals surface area contributed by atoms with Crippen LogP contribution in [0.2, 0.25) is 0 Å². The third-order valence-corrected chi connectivity index (χ3v) is 3.78. The van der Waals surface area contributed by atoms with Crippen LogP contribution in [-0.2, 0) is 20.7 Å². The molecule has 2 aromatic heterocycles. The molecule has 0 aliphatic heterocycles. The van der Waals surface area contributed by atoms with Crippen molar-refractivity contribution < 1.29 is 23.8 Å². The zero-order valence-electron chi connectivity index (χ0n) is 12.2. The standard InChI is InChI=1S/C14H16N2O5S/c1-8-9(16-13(21-8)11-4-3-5-22-11)6-12(17)15-10(7-20-2)14(18)19/h3-5,10H,6-7H2,1-2H3,(H,15,17)(H,18,19). The minimum Gasteiger partial charge on any atom is -0.480 e. The SMILES string of the molecule is COCC(NC(=O)Cc1nc(-c2cccs2)oc1C)C(=O)O. The maximum Gasteiger partial charge on any atom is 0.328 e. The van der Waals surface area contributed by atoms with Crippen LogP contribution >= 0.6 is 11.3 Å². The molecular formula is C14H16N2O5S. The van der Waals surface area contributed by atoms with E-state index in [2.05, 4.69) is 10.3 Å². The van der Waals surface area contributed by atoms with Crippen LogP contribution in [0.4, 0.5) is 0 Å². The van der Waals surface area contributed by atoms with Gasteiger partial charge in [0, 0.05) is 7.11 Å². The summed E-state index contributed by atoms with van der Waals surface area (Å²) in [6.45, 7) is 1.62. The number of aryl methyl sites for hydroxylation is 1. The Kier molecular flexibility index (Phi) is 5.29. The molecule has 1 atom stereocenters. The molecule has 1 unspecified atom stereocenters. The van der Waals surface area contributed by atoms with E-state index in [1.54, 1.807) is 6.92 Å². The Balaban J connectivity index is 2.04. The van der Waals surface area contributed by atoms with Crippen molar-refractivity contribution in [1.82, 2.24) is 10.3 Å². The summed E-state index contributed by atoms with van der Waals surface area (Å²) < 4.78 is 10.3. The molecule has 1 amide bonds. The van der Waals surface area contributed by atoms with Gasteiger partial charge in [0.25, 0.3) is 0 Å². The summed E-state index contributed by atoms with van der Waals surface area (Å²) in [6, 6.07) is 2.67. The second kappa shape index (κ2) is 7.19. The first-order valence-corrected chi connectivity index (χ1v) is 7.40. The molecule has 0 fully saturated rings. The summed E-state index contributed by atoms with van der Waals surface area (Å²) in [4.78, 5) is 28.1. The molecule has 118 valence electrons. The molecule has 0 saturated carbocycles. The third kappa shape index (κ3) is 3.92. The van der Waals surface area contributed by atoms with Crippen molar-refractivity contribution in [2.45, 2.75) is 19.4 Å². The van der Waals surface area contributed by atoms with E-state index in [9.17, 15) is 9.59 Å². The molecule has 8 heteroatoms. The number of carboxylic acids is 1. The molecule has 0 aliphatic carbocycles. The molecule has 7 nitrogen and oxygen atoms in total. The second-order valence-corrected chi connectivity index (χ2v) is 5.54. The highest BCUT2D eigenvalue weighted by molar-refractivity contribution is 7.13. The third-order valence-electron chi connectivity index (χ3n) is 2.92. The molecule has 2 heterocycles. The lowest BCUT2D eigenvalue weighted by Crippen LogP contribution is -2.44. The molecule has 22 heavy (non-hydrogen) atoms. The van der Waals surface area contributed by atoms with Crippen molar-refractivity contribution >= 4 is 23.2 Å². The second-order valence-electron chi connectivity index (χ2n) is 4.59. The quantitative estimate of drug-likeness (QED) is 0.799. The number of oxazole rings is 1. The number of thiophene rings is 1. The van der Waals surface area contributed by atoms with Crippen LogP contribution in [0.15, 0.2) is 21.9 Å². The van der Waals surface area contributed by atoms with Gasteiger partial charge in [-0.1, -0.05) is 6.07 Å². The number of hydrogen-bond acceptors (Lipinski definition) is 6. The van der Waals surface area contributed by atoms with Crippen LogP contribution in [-0.4, -0.2) is 41.7 Å². The fourth-order valence-electron chi connectivity index (χ4n) is 1.84. The van der Waals surface area contributed by atoms with Gasteiger partial charge in [-0.2, -0.15) is 0 Å². The fourth-order valence-corrected chi connectivity index (χ4v) is 2.49. The number of ether oxygens (including phenoxy) is 1. The average molecular weight is 324 g/mol. The molecule has 0 saturated heterocycles. The lowest BCUT2D eigenvalue weighted by Gasteiger charge is -2.12. The lowest BCUT2D eigenvalue weighted by atomic mass is 10.2. The average Bonchev–Trinajstić information content (AvgIpc) is 3.08. The molecule has 0 aliphatic rings. The van der Waals surface area contributed by atoms with Crippen molar-refractivity contribution in [3.63, 3.8) is 0 Å². The van der Waals surface area contributed by atoms with Crippen LogP contribution in [0, 0.1) is 6.92 Å². The molecule has 2 N–H and O–H groups in total. The van der Waals surface area contributed by atoms with Crippen molar-refractivity contribution in [2.24, 2.45) is 0 Å². The number of nitrogens with zero attached hydrogens (tertiary/aromatic N) is 1. The van der Waals surface area contributed by atoms with E-state index in [0.29, 0.717) is 17.3 Å². The monoisotopic (exact) mass is 324 g/mol. The molecule has 2 aromatic rings. The van der Waals surface area contributed by atoms with Gasteiger partial charge in [-0.3, -0.25) is 4.79 Å². The van der Waals surface area contributed by atoms with E-state index in [-0.39, 0.29) is 13.0 Å². The first-order valence-electron chi connectivity index (χ1n) is 6.52. The first kappa shape index (κ1) is 16.2. The molecule has 0 aromatic carbocycles. The maximum atomic E-state index is 11.9. The van der Waals surface area contributed by atoms with Gasteiger partial charge in [0.05, 0.1) is 23.6 Å². The summed E-state index contributed by atoms with van der Waals surface area (Å²) in [5.74, 6) is -0.593. The van der Waals surface area contributed by atoms with Gasteiger partial charge in [-0.25, -0.2) is 9.78 Å². The summed E-state index contributed by atoms with van der Waals surface area (Å²) in [6.07, 6.45) is -0.0474. The molecule has 0 spiro atoms. The fraction of sp³-hybridized carbons (Fsp3) is 0.357. The largest absolute Gasteiger partial charge is 0.480 e. The van der Waals surface area contributed by atoms with Crippen LogP contribution in [0.1, 0.15) is 11.5 Å². The van der Waals surface area contributed by atoms with E-state index in [1.165, 1.54) is 18.4 Å². The Morgan fingerprint density at radius 2 is 2.32 bits per heavy atom. The zero-order chi connectivity index (χ0) is 16.1. The Morgan fingerprint density at radius 1 is 1.55 bits per heavy atom. The Morgan fingerprint density at radius 3 is 2.91 bits per heavy atom. The number of carbonyl (C=O) groups is 2. The summed E-state index contributed by atoms with van der Waals surface area (Å²) in [7, 11) is 1.37. The highest BCUT2D eigenvalue weighted by Crippen LogP contribution is 2.25. The van der Waals surface area contributed by atoms with E-state index < -0.39 is 17.9 Å². The molecular weight excluding hydrogens is 308 g/mol. The minimum absolute atomic E-state index is 0.0474. The number of amides is 1. The minimum atomic E-state index is -1.15. The van der Waals surface area contributed by atoms with Crippen molar-refractivity contribution in [3.8, 4) is 10.8 Å². The number of nitrogens with one attached hydrogen (secondary N) is 1. The van der Waals surface area contributed by atoms with Gasteiger partial charge in [-0.05, 0) is 18.4 Å². The lowest BCUT2D eigenvalue weighted by molar-refractivity contribution is -0.143. The van der Waals surface area contributed by atoms with Gasteiger partial charge < -0.3 is 19.6 Å². The van der Waals surface area contributed by atoms with E-state index in [1.807, 2.05) is 17.5 Å². The Bertz CT molecular complexity index is 650. The summed E-state index contributed by atoms with van der Waals surface area (Å²) in [5, 5.41) is 13.3. The van der Waals surface area contributed by atoms with Gasteiger partial charge >= 0.3 is 5.97 Å². The maximum absolute atomic E-state index is 11.9. The highest BCUT2D eigenvalue weighted by atomic mass is 32.1. The van der Waals surface area contributed by atoms with Crippen LogP contribution in [0.3, 0.4) is 0 Å². The van der Waals surface area contributed by atoms with Gasteiger partial charge in [0.15, 0.2) is 6.04 Å². The summed E-state index contributed by atoms with van der Waals surface area (Å²) in [5.41, 5.74) is 0.488. The van der Waals surface area contributed by atoms with Gasteiger partial charge in [0.1, 0.15) is 5.76 Å². The molecule has 0 radical (unpaired) electrons. The van der Waals surface area contributed by atoms with Crippen LogP contribution in [0.25, 0.3) is 10.8 Å². The number of aliphatic carboxylic acids is 1. The predicted octanol–water partition coefficient (Wildman–Crippen LogP) is 1.47. The van der Waals surface area contributed by atoms with Crippen molar-refractivity contribution in [2.75, 3.05) is 13.7 Å². The number of methoxy groups -OCH3 is 1. The topological polar surface area (TPSA) is 102 Å². The van der Waals surface area contributed by atoms with Crippen molar-refractivity contribution in [3.05, 3.63) is 29.0 Å². The smallest absolute Gasteiger partial charge is 0.328 e. The van der Waals surface area contributed by atoms with Gasteiger partial charge in [0.2, 0.25) is 11.8 Å². The first-order chi connectivity index (χ1) is 10.5. The molecule has 2 rings (SSSR count). The Hall–Kier alpha value is -2.19. The number of carbonyl (C=O) groups excluding carboxylic acids is 1. The van der Waals surface area contributed by atoms with Gasteiger partial charge in [-0.15, -0.1) is 11.3 Å². The highest BCUT2D eigenvalue weighted by Gasteiger charge is 2.21. The summed E-state index contributed by atoms with van der Waals surface area (Å²) >= 11 is 1.49. The number of rotatable bonds is 7. The van der Waals surface area contributed by atoms with E-state index >= 15 is 0 Å². The number of carboxylic acid groups (broad SMARTS) is 1. The molecule has 0 bridgehead atoms. The van der Waals surface area contributed by atoms with Crippen LogP contribution in [0.5, 0.6) is 0 Å². The Labute approximate surface area is 130 Å². The zero-order valence-corrected chi connectivity index (χ0v) is 13.0. The van der Waals surface area contributed by atoms with Crippen LogP contribution < -0.4 is 5.32 Å². The number of hydrogen-bond donors (Lipinski definition) is 2. The van der Waals surface area contributed by atoms with E-state index in [0.717, 1.165) is 4.88 Å². The normalized spacial score (nSPS) is 12.1.